The van der Waals surface area contributed by atoms with Crippen LogP contribution < -0.4 is 11.3 Å². The second-order valence-electron chi connectivity index (χ2n) is 2.91. The molecule has 14 heavy (non-hydrogen) atoms. The molecule has 0 saturated heterocycles. The molecular weight excluding hydrogens is 240 g/mol. The molecule has 0 aromatic heterocycles. The van der Waals surface area contributed by atoms with Gasteiger partial charge >= 0.3 is 0 Å². The molecule has 0 aliphatic rings. The van der Waals surface area contributed by atoms with Gasteiger partial charge in [0.05, 0.1) is 6.04 Å². The van der Waals surface area contributed by atoms with Gasteiger partial charge < -0.3 is 0 Å². The van der Waals surface area contributed by atoms with Crippen molar-refractivity contribution in [1.29, 1.82) is 0 Å². The molecule has 0 heterocycles. The van der Waals surface area contributed by atoms with Crippen LogP contribution in [0.1, 0.15) is 24.9 Å². The van der Waals surface area contributed by atoms with Crippen LogP contribution >= 0.6 is 15.9 Å². The van der Waals surface area contributed by atoms with E-state index < -0.39 is 0 Å². The minimum absolute atomic E-state index is 0.0972. The number of benzene rings is 1. The summed E-state index contributed by atoms with van der Waals surface area (Å²) in [4.78, 5) is 0. The van der Waals surface area contributed by atoms with Gasteiger partial charge in [-0.25, -0.2) is 0 Å². The summed E-state index contributed by atoms with van der Waals surface area (Å²) in [5.41, 5.74) is 3.90. The fourth-order valence-corrected chi connectivity index (χ4v) is 1.62. The molecule has 0 fully saturated rings. The van der Waals surface area contributed by atoms with Gasteiger partial charge in [0.1, 0.15) is 0 Å². The predicted molar refractivity (Wildman–Crippen MR) is 62.3 cm³/mol. The van der Waals surface area contributed by atoms with Crippen LogP contribution in [0.15, 0.2) is 28.7 Å². The number of nitrogens with two attached hydrogens (primary N) is 1. The topological polar surface area (TPSA) is 38.0 Å². The summed E-state index contributed by atoms with van der Waals surface area (Å²) < 4.78 is 1.06. The average molecular weight is 253 g/mol. The Bertz CT molecular complexity index is 352. The lowest BCUT2D eigenvalue weighted by molar-refractivity contribution is 0.568. The molecule has 3 N–H and O–H groups in total. The van der Waals surface area contributed by atoms with E-state index in [2.05, 4.69) is 33.2 Å². The Hall–Kier alpha value is -0.820. The highest BCUT2D eigenvalue weighted by molar-refractivity contribution is 9.10. The van der Waals surface area contributed by atoms with Gasteiger partial charge in [0.15, 0.2) is 0 Å². The fourth-order valence-electron chi connectivity index (χ4n) is 1.20. The molecule has 0 saturated carbocycles. The van der Waals surface area contributed by atoms with Gasteiger partial charge in [-0.15, -0.1) is 11.8 Å². The summed E-state index contributed by atoms with van der Waals surface area (Å²) in [6.07, 6.45) is 0.726. The number of hydrazine groups is 1. The fraction of sp³-hybridized carbons (Fsp3) is 0.273. The molecule has 0 bridgehead atoms. The number of hydrogen-bond donors (Lipinski definition) is 2. The van der Waals surface area contributed by atoms with Crippen LogP contribution in [0.4, 0.5) is 0 Å². The SMILES string of the molecule is CC#CCC(NN)c1cccc(Br)c1. The van der Waals surface area contributed by atoms with E-state index in [9.17, 15) is 0 Å². The Kier molecular flexibility index (Phi) is 4.68. The molecule has 74 valence electrons. The first kappa shape index (κ1) is 11.3. The molecule has 1 aromatic rings. The summed E-state index contributed by atoms with van der Waals surface area (Å²) in [6.45, 7) is 1.83. The Morgan fingerprint density at radius 3 is 2.93 bits per heavy atom. The molecule has 0 radical (unpaired) electrons. The molecule has 0 spiro atoms. The molecule has 0 aliphatic carbocycles. The molecule has 1 unspecified atom stereocenters. The zero-order valence-electron chi connectivity index (χ0n) is 8.05. The number of halogens is 1. The quantitative estimate of drug-likeness (QED) is 0.493. The van der Waals surface area contributed by atoms with Gasteiger partial charge in [0.25, 0.3) is 0 Å². The molecule has 1 aromatic carbocycles. The summed E-state index contributed by atoms with van der Waals surface area (Å²) in [5.74, 6) is 11.3. The lowest BCUT2D eigenvalue weighted by Crippen LogP contribution is -2.27. The highest BCUT2D eigenvalue weighted by atomic mass is 79.9. The van der Waals surface area contributed by atoms with E-state index >= 15 is 0 Å². The minimum Gasteiger partial charge on any atom is -0.271 e. The van der Waals surface area contributed by atoms with Gasteiger partial charge in [-0.1, -0.05) is 28.1 Å². The van der Waals surface area contributed by atoms with Gasteiger partial charge in [-0.3, -0.25) is 11.3 Å². The molecule has 3 heteroatoms. The van der Waals surface area contributed by atoms with E-state index in [0.29, 0.717) is 0 Å². The molecule has 1 rings (SSSR count). The maximum atomic E-state index is 5.46. The number of hydrogen-bond acceptors (Lipinski definition) is 2. The molecule has 0 amide bonds. The summed E-state index contributed by atoms with van der Waals surface area (Å²) in [7, 11) is 0. The van der Waals surface area contributed by atoms with Crippen molar-refractivity contribution in [3.8, 4) is 11.8 Å². The van der Waals surface area contributed by atoms with Gasteiger partial charge in [0.2, 0.25) is 0 Å². The van der Waals surface area contributed by atoms with Crippen molar-refractivity contribution in [2.75, 3.05) is 0 Å². The summed E-state index contributed by atoms with van der Waals surface area (Å²) >= 11 is 3.42. The first-order chi connectivity index (χ1) is 6.77. The molecule has 0 aliphatic heterocycles. The van der Waals surface area contributed by atoms with Crippen LogP contribution in [-0.2, 0) is 0 Å². The molecular formula is C11H13BrN2. The van der Waals surface area contributed by atoms with E-state index in [1.165, 1.54) is 0 Å². The first-order valence-corrected chi connectivity index (χ1v) is 5.18. The van der Waals surface area contributed by atoms with E-state index in [4.69, 9.17) is 5.84 Å². The van der Waals surface area contributed by atoms with Crippen molar-refractivity contribution >= 4 is 15.9 Å². The zero-order valence-corrected chi connectivity index (χ0v) is 9.64. The normalized spacial score (nSPS) is 11.6. The minimum atomic E-state index is 0.0972. The van der Waals surface area contributed by atoms with E-state index in [1.54, 1.807) is 0 Å². The third kappa shape index (κ3) is 3.15. The first-order valence-electron chi connectivity index (χ1n) is 4.39. The van der Waals surface area contributed by atoms with E-state index in [1.807, 2.05) is 31.2 Å². The molecule has 1 atom stereocenters. The van der Waals surface area contributed by atoms with Crippen molar-refractivity contribution < 1.29 is 0 Å². The summed E-state index contributed by atoms with van der Waals surface area (Å²) in [6, 6.07) is 8.15. The van der Waals surface area contributed by atoms with Crippen molar-refractivity contribution in [2.45, 2.75) is 19.4 Å². The number of nitrogens with one attached hydrogen (secondary N) is 1. The number of rotatable bonds is 3. The van der Waals surface area contributed by atoms with Crippen LogP contribution in [0.25, 0.3) is 0 Å². The van der Waals surface area contributed by atoms with Crippen LogP contribution in [0.3, 0.4) is 0 Å². The largest absolute Gasteiger partial charge is 0.271 e. The summed E-state index contributed by atoms with van der Waals surface area (Å²) in [5, 5.41) is 0. The second-order valence-corrected chi connectivity index (χ2v) is 3.82. The monoisotopic (exact) mass is 252 g/mol. The van der Waals surface area contributed by atoms with Crippen molar-refractivity contribution in [3.05, 3.63) is 34.3 Å². The lowest BCUT2D eigenvalue weighted by atomic mass is 10.1. The van der Waals surface area contributed by atoms with Crippen molar-refractivity contribution in [2.24, 2.45) is 5.84 Å². The van der Waals surface area contributed by atoms with Gasteiger partial charge in [0, 0.05) is 10.9 Å². The maximum Gasteiger partial charge on any atom is 0.0569 e. The van der Waals surface area contributed by atoms with Crippen molar-refractivity contribution in [1.82, 2.24) is 5.43 Å². The Labute approximate surface area is 93.0 Å². The lowest BCUT2D eigenvalue weighted by Gasteiger charge is -2.13. The van der Waals surface area contributed by atoms with Crippen LogP contribution in [-0.4, -0.2) is 0 Å². The zero-order chi connectivity index (χ0) is 10.4. The third-order valence-electron chi connectivity index (χ3n) is 1.94. The van der Waals surface area contributed by atoms with E-state index in [-0.39, 0.29) is 6.04 Å². The second kappa shape index (κ2) is 5.82. The maximum absolute atomic E-state index is 5.46. The predicted octanol–water partition coefficient (Wildman–Crippen LogP) is 2.37. The Balaban J connectivity index is 2.81. The van der Waals surface area contributed by atoms with Crippen molar-refractivity contribution in [3.63, 3.8) is 0 Å². The highest BCUT2D eigenvalue weighted by Gasteiger charge is 2.07. The van der Waals surface area contributed by atoms with Crippen LogP contribution in [0.5, 0.6) is 0 Å². The molecule has 2 nitrogen and oxygen atoms in total. The smallest absolute Gasteiger partial charge is 0.0569 e. The van der Waals surface area contributed by atoms with Gasteiger partial charge in [-0.2, -0.15) is 0 Å². The van der Waals surface area contributed by atoms with Gasteiger partial charge in [-0.05, 0) is 24.6 Å². The standard InChI is InChI=1S/C11H13BrN2/c1-2-3-7-11(14-13)9-5-4-6-10(12)8-9/h4-6,8,11,14H,7,13H2,1H3. The highest BCUT2D eigenvalue weighted by Crippen LogP contribution is 2.19. The van der Waals surface area contributed by atoms with Crippen LogP contribution in [0, 0.1) is 11.8 Å². The Morgan fingerprint density at radius 2 is 2.36 bits per heavy atom. The Morgan fingerprint density at radius 1 is 1.57 bits per heavy atom. The van der Waals surface area contributed by atoms with E-state index in [0.717, 1.165) is 16.5 Å². The van der Waals surface area contributed by atoms with Crippen LogP contribution in [0.2, 0.25) is 0 Å². The average Bonchev–Trinajstić information content (AvgIpc) is 2.19. The third-order valence-corrected chi connectivity index (χ3v) is 2.43.